The second-order valence-electron chi connectivity index (χ2n) is 5.69. The summed E-state index contributed by atoms with van der Waals surface area (Å²) in [6.07, 6.45) is -0.873. The van der Waals surface area contributed by atoms with Gasteiger partial charge >= 0.3 is 6.98 Å². The minimum Gasteiger partial charge on any atom is -0.449 e. The summed E-state index contributed by atoms with van der Waals surface area (Å²) in [6.45, 7) is 3.10. The van der Waals surface area contributed by atoms with Crippen LogP contribution in [0.25, 0.3) is 0 Å². The van der Waals surface area contributed by atoms with Crippen molar-refractivity contribution in [2.75, 3.05) is 0 Å². The van der Waals surface area contributed by atoms with Gasteiger partial charge in [0.05, 0.1) is 0 Å². The smallest absolute Gasteiger partial charge is 0.449 e. The molecule has 0 atom stereocenters. The van der Waals surface area contributed by atoms with Crippen LogP contribution in [0, 0.1) is 18.4 Å². The predicted molar refractivity (Wildman–Crippen MR) is 81.4 cm³/mol. The van der Waals surface area contributed by atoms with Gasteiger partial charge in [0, 0.05) is 10.5 Å². The Morgan fingerprint density at radius 2 is 1.79 bits per heavy atom. The minimum absolute atomic E-state index is 0.278. The van der Waals surface area contributed by atoms with E-state index in [0.717, 1.165) is 0 Å². The van der Waals surface area contributed by atoms with Gasteiger partial charge in [0.15, 0.2) is 0 Å². The summed E-state index contributed by atoms with van der Waals surface area (Å²) in [5.41, 5.74) is 4.63. The molecule has 0 aliphatic rings. The molecule has 0 bridgehead atoms. The second kappa shape index (κ2) is 5.68. The Hall–Kier alpha value is -0.798. The van der Waals surface area contributed by atoms with Crippen molar-refractivity contribution in [3.8, 4) is 11.5 Å². The van der Waals surface area contributed by atoms with Gasteiger partial charge in [0.1, 0.15) is 8.07 Å². The molecule has 0 amide bonds. The first-order chi connectivity index (χ1) is 8.48. The number of rotatable bonds is 2. The van der Waals surface area contributed by atoms with E-state index in [1.165, 1.54) is 6.07 Å². The monoisotopic (exact) mass is 301 g/mol. The summed E-state index contributed by atoms with van der Waals surface area (Å²) in [7, 11) is -1.54. The molecule has 0 saturated heterocycles. The molecule has 0 aliphatic carbocycles. The molecule has 0 aromatic heterocycles. The molecule has 1 aromatic carbocycles. The van der Waals surface area contributed by atoms with Crippen LogP contribution < -0.4 is 0 Å². The average Bonchev–Trinajstić information content (AvgIpc) is 2.19. The Kier molecular flexibility index (Phi) is 4.86. The van der Waals surface area contributed by atoms with E-state index in [9.17, 15) is 12.9 Å². The first kappa shape index (κ1) is 16.3. The minimum atomic E-state index is -4.84. The van der Waals surface area contributed by atoms with Crippen LogP contribution in [0.3, 0.4) is 0 Å². The molecule has 104 valence electrons. The summed E-state index contributed by atoms with van der Waals surface area (Å²) in [4.78, 5) is 0.567. The highest BCUT2D eigenvalue weighted by Gasteiger charge is 2.24. The third-order valence-corrected chi connectivity index (χ3v) is 3.86. The maximum absolute atomic E-state index is 12.6. The van der Waals surface area contributed by atoms with Gasteiger partial charge in [-0.1, -0.05) is 37.4 Å². The lowest BCUT2D eigenvalue weighted by Crippen LogP contribution is -2.20. The maximum atomic E-state index is 12.6. The number of halogens is 3. The highest BCUT2D eigenvalue weighted by molar-refractivity contribution is 7.80. The quantitative estimate of drug-likeness (QED) is 0.466. The van der Waals surface area contributed by atoms with Crippen molar-refractivity contribution >= 4 is 27.7 Å². The third kappa shape index (κ3) is 5.79. The van der Waals surface area contributed by atoms with E-state index in [0.29, 0.717) is 16.0 Å². The lowest BCUT2D eigenvalue weighted by Gasteiger charge is -2.17. The molecule has 1 rings (SSSR count). The zero-order valence-corrected chi connectivity index (χ0v) is 13.4. The number of hydrogen-bond acceptors (Lipinski definition) is 1. The van der Waals surface area contributed by atoms with Gasteiger partial charge in [-0.05, 0) is 24.6 Å². The summed E-state index contributed by atoms with van der Waals surface area (Å²) in [5.74, 6) is 2.98. The van der Waals surface area contributed by atoms with Gasteiger partial charge in [-0.3, -0.25) is 0 Å². The highest BCUT2D eigenvalue weighted by Crippen LogP contribution is 2.25. The van der Waals surface area contributed by atoms with E-state index in [1.807, 2.05) is 0 Å². The number of thiol groups is 1. The van der Waals surface area contributed by atoms with Crippen molar-refractivity contribution in [2.45, 2.75) is 37.8 Å². The molecule has 0 aliphatic heterocycles. The number of benzene rings is 1. The van der Waals surface area contributed by atoms with E-state index in [2.05, 4.69) is 43.7 Å². The molecule has 0 spiro atoms. The second-order valence-corrected chi connectivity index (χ2v) is 10.9. The molecule has 0 heterocycles. The third-order valence-electron chi connectivity index (χ3n) is 2.52. The van der Waals surface area contributed by atoms with Crippen LogP contribution in [-0.2, 0) is 6.32 Å². The average molecular weight is 301 g/mol. The van der Waals surface area contributed by atoms with E-state index in [-0.39, 0.29) is 5.56 Å². The fraction of sp³-hybridized carbons (Fsp3) is 0.385. The lowest BCUT2D eigenvalue weighted by molar-refractivity contribution is 0.468. The van der Waals surface area contributed by atoms with Crippen LogP contribution in [0.2, 0.25) is 19.6 Å². The van der Waals surface area contributed by atoms with Gasteiger partial charge in [-0.2, -0.15) is 0 Å². The Morgan fingerprint density at radius 3 is 2.26 bits per heavy atom. The van der Waals surface area contributed by atoms with Crippen LogP contribution in [0.4, 0.5) is 12.9 Å². The van der Waals surface area contributed by atoms with Crippen LogP contribution in [0.15, 0.2) is 17.0 Å². The van der Waals surface area contributed by atoms with Gasteiger partial charge in [0.2, 0.25) is 0 Å². The maximum Gasteiger partial charge on any atom is 0.482 e. The summed E-state index contributed by atoms with van der Waals surface area (Å²) in [5, 5.41) is 0. The molecule has 0 N–H and O–H groups in total. The standard InChI is InChI=1S/C13H17BF3SSi/c1-10-12(9-14(15,16)17)7-11(8-13(10)18)5-6-19(2,3)4/h7-8,18H,9H2,1-4H3/q-1. The normalized spacial score (nSPS) is 12.0. The van der Waals surface area contributed by atoms with E-state index >= 15 is 0 Å². The summed E-state index contributed by atoms with van der Waals surface area (Å²) >= 11 is 4.24. The summed E-state index contributed by atoms with van der Waals surface area (Å²) in [6, 6.07) is 3.27. The zero-order valence-electron chi connectivity index (χ0n) is 11.5. The lowest BCUT2D eigenvalue weighted by atomic mass is 9.80. The molecule has 19 heavy (non-hydrogen) atoms. The first-order valence-electron chi connectivity index (χ1n) is 6.04. The molecule has 6 heteroatoms. The fourth-order valence-corrected chi connectivity index (χ4v) is 2.35. The Balaban J connectivity index is 3.19. The van der Waals surface area contributed by atoms with Gasteiger partial charge < -0.3 is 12.9 Å². The van der Waals surface area contributed by atoms with Gasteiger partial charge in [-0.15, -0.1) is 18.2 Å². The Labute approximate surface area is 119 Å². The van der Waals surface area contributed by atoms with Crippen molar-refractivity contribution in [3.05, 3.63) is 28.8 Å². The Morgan fingerprint density at radius 1 is 1.21 bits per heavy atom. The van der Waals surface area contributed by atoms with Crippen LogP contribution in [0.1, 0.15) is 16.7 Å². The van der Waals surface area contributed by atoms with Crippen molar-refractivity contribution in [1.29, 1.82) is 0 Å². The van der Waals surface area contributed by atoms with Crippen LogP contribution in [0.5, 0.6) is 0 Å². The molecular weight excluding hydrogens is 284 g/mol. The SMILES string of the molecule is Cc1c(S)cc(C#C[Si](C)(C)C)cc1C[B-](F)(F)F. The van der Waals surface area contributed by atoms with Crippen LogP contribution >= 0.6 is 12.6 Å². The molecule has 1 aromatic rings. The Bertz CT molecular complexity index is 536. The number of hydrogen-bond donors (Lipinski definition) is 1. The predicted octanol–water partition coefficient (Wildman–Crippen LogP) is 4.44. The molecule has 0 nitrogen and oxygen atoms in total. The van der Waals surface area contributed by atoms with E-state index < -0.39 is 21.4 Å². The summed E-state index contributed by atoms with van der Waals surface area (Å²) < 4.78 is 37.7. The molecule has 0 radical (unpaired) electrons. The van der Waals surface area contributed by atoms with Gasteiger partial charge in [-0.25, -0.2) is 0 Å². The van der Waals surface area contributed by atoms with Crippen LogP contribution in [-0.4, -0.2) is 15.1 Å². The van der Waals surface area contributed by atoms with E-state index in [1.54, 1.807) is 13.0 Å². The van der Waals surface area contributed by atoms with Crippen molar-refractivity contribution in [1.82, 2.24) is 0 Å². The molecular formula is C13H17BF3SSi-. The highest BCUT2D eigenvalue weighted by atomic mass is 32.1. The zero-order chi connectivity index (χ0) is 14.8. The first-order valence-corrected chi connectivity index (χ1v) is 9.99. The molecule has 0 saturated carbocycles. The molecule has 0 fully saturated rings. The van der Waals surface area contributed by atoms with Crippen molar-refractivity contribution in [3.63, 3.8) is 0 Å². The van der Waals surface area contributed by atoms with E-state index in [4.69, 9.17) is 0 Å². The van der Waals surface area contributed by atoms with Crippen molar-refractivity contribution in [2.24, 2.45) is 0 Å². The van der Waals surface area contributed by atoms with Gasteiger partial charge in [0.25, 0.3) is 0 Å². The fourth-order valence-electron chi connectivity index (χ4n) is 1.55. The molecule has 0 unspecified atom stereocenters. The topological polar surface area (TPSA) is 0 Å². The largest absolute Gasteiger partial charge is 0.482 e. The van der Waals surface area contributed by atoms with Crippen molar-refractivity contribution < 1.29 is 12.9 Å².